The molecule has 25 heavy (non-hydrogen) atoms. The van der Waals surface area contributed by atoms with Gasteiger partial charge in [-0.25, -0.2) is 0 Å². The average molecular weight is 350 g/mol. The lowest BCUT2D eigenvalue weighted by molar-refractivity contribution is -0.115. The van der Waals surface area contributed by atoms with Crippen LogP contribution < -0.4 is 0 Å². The molecule has 0 aromatic carbocycles. The lowest BCUT2D eigenvalue weighted by Gasteiger charge is -2.10. The van der Waals surface area contributed by atoms with Crippen LogP contribution in [0.4, 0.5) is 0 Å². The maximum absolute atomic E-state index is 12.2. The van der Waals surface area contributed by atoms with Gasteiger partial charge in [0.2, 0.25) is 0 Å². The zero-order chi connectivity index (χ0) is 19.0. The molecular weight excluding hydrogens is 316 g/mol. The van der Waals surface area contributed by atoms with E-state index in [2.05, 4.69) is 6.58 Å². The van der Waals surface area contributed by atoms with Crippen LogP contribution in [0.2, 0.25) is 0 Å². The molecule has 4 heteroatoms. The number of carbonyl (C=O) groups excluding carboxylic acids is 1. The van der Waals surface area contributed by atoms with Crippen molar-refractivity contribution in [2.75, 3.05) is 13.2 Å². The second-order valence-corrected chi connectivity index (χ2v) is 7.44. The average Bonchev–Trinajstić information content (AvgIpc) is 3.26. The number of allylic oxidation sites excluding steroid dienone is 4. The standard InChI is InChI=1S/C21H34O4/c1-15(2)18(5)13-19(24)17(4)7-6-11-21(14-23)20(25-21)9-8-16(3)10-12-22/h7,10,15,20,22-23H,5-6,8-9,11-14H2,1-4H3/b16-10-,17-7+/t20-,21+/m1/s1. The second kappa shape index (κ2) is 10.0. The van der Waals surface area contributed by atoms with Crippen LogP contribution in [0, 0.1) is 5.92 Å². The van der Waals surface area contributed by atoms with Gasteiger partial charge < -0.3 is 14.9 Å². The summed E-state index contributed by atoms with van der Waals surface area (Å²) in [5.74, 6) is 0.438. The Morgan fingerprint density at radius 1 is 1.28 bits per heavy atom. The molecule has 1 rings (SSSR count). The van der Waals surface area contributed by atoms with Gasteiger partial charge in [-0.05, 0) is 51.0 Å². The molecule has 2 atom stereocenters. The molecule has 0 radical (unpaired) electrons. The third-order valence-corrected chi connectivity index (χ3v) is 5.08. The molecule has 1 aliphatic heterocycles. The van der Waals surface area contributed by atoms with Gasteiger partial charge in [0.1, 0.15) is 5.60 Å². The fourth-order valence-electron chi connectivity index (χ4n) is 2.82. The van der Waals surface area contributed by atoms with E-state index >= 15 is 0 Å². The predicted molar refractivity (Wildman–Crippen MR) is 101 cm³/mol. The van der Waals surface area contributed by atoms with E-state index in [0.717, 1.165) is 29.6 Å². The van der Waals surface area contributed by atoms with Gasteiger partial charge in [0.15, 0.2) is 5.78 Å². The molecule has 1 heterocycles. The number of aliphatic hydroxyl groups is 2. The van der Waals surface area contributed by atoms with Crippen molar-refractivity contribution in [3.63, 3.8) is 0 Å². The molecule has 142 valence electrons. The van der Waals surface area contributed by atoms with E-state index in [1.165, 1.54) is 0 Å². The van der Waals surface area contributed by atoms with Crippen LogP contribution in [0.5, 0.6) is 0 Å². The highest BCUT2D eigenvalue weighted by molar-refractivity contribution is 5.96. The highest BCUT2D eigenvalue weighted by Crippen LogP contribution is 2.43. The molecule has 0 aliphatic carbocycles. The highest BCUT2D eigenvalue weighted by Gasteiger charge is 2.54. The minimum Gasteiger partial charge on any atom is -0.393 e. The summed E-state index contributed by atoms with van der Waals surface area (Å²) >= 11 is 0. The summed E-state index contributed by atoms with van der Waals surface area (Å²) in [6.45, 7) is 11.9. The maximum Gasteiger partial charge on any atom is 0.162 e. The number of ketones is 1. The molecule has 1 fully saturated rings. The first-order valence-corrected chi connectivity index (χ1v) is 9.18. The van der Waals surface area contributed by atoms with Crippen LogP contribution in [0.3, 0.4) is 0 Å². The molecular formula is C21H34O4. The minimum absolute atomic E-state index is 0.00537. The Hall–Kier alpha value is -1.23. The fraction of sp³-hybridized carbons (Fsp3) is 0.667. The lowest BCUT2D eigenvalue weighted by atomic mass is 9.94. The highest BCUT2D eigenvalue weighted by atomic mass is 16.6. The zero-order valence-electron chi connectivity index (χ0n) is 16.2. The van der Waals surface area contributed by atoms with Crippen LogP contribution in [-0.4, -0.2) is 40.9 Å². The van der Waals surface area contributed by atoms with Crippen LogP contribution in [0.1, 0.15) is 59.8 Å². The molecule has 0 unspecified atom stereocenters. The SMILES string of the molecule is C=C(CC(=O)/C(C)=C/CC[C@@]1(CO)O[C@@H]1CC/C(C)=C\CO)C(C)C. The van der Waals surface area contributed by atoms with E-state index in [1.54, 1.807) is 6.08 Å². The minimum atomic E-state index is -0.457. The van der Waals surface area contributed by atoms with Gasteiger partial charge in [-0.2, -0.15) is 0 Å². The van der Waals surface area contributed by atoms with Crippen molar-refractivity contribution in [2.45, 2.75) is 71.5 Å². The Kier molecular flexibility index (Phi) is 8.77. The Balaban J connectivity index is 2.44. The van der Waals surface area contributed by atoms with Crippen molar-refractivity contribution < 1.29 is 19.7 Å². The first-order valence-electron chi connectivity index (χ1n) is 9.18. The first kappa shape index (κ1) is 21.8. The van der Waals surface area contributed by atoms with Crippen molar-refractivity contribution in [1.29, 1.82) is 0 Å². The lowest BCUT2D eigenvalue weighted by Crippen LogP contribution is -2.20. The summed E-state index contributed by atoms with van der Waals surface area (Å²) in [4.78, 5) is 12.2. The normalized spacial score (nSPS) is 23.9. The van der Waals surface area contributed by atoms with Crippen LogP contribution >= 0.6 is 0 Å². The number of hydrogen-bond acceptors (Lipinski definition) is 4. The monoisotopic (exact) mass is 350 g/mol. The third kappa shape index (κ3) is 6.89. The fourth-order valence-corrected chi connectivity index (χ4v) is 2.82. The van der Waals surface area contributed by atoms with Crippen molar-refractivity contribution in [2.24, 2.45) is 5.92 Å². The van der Waals surface area contributed by atoms with Gasteiger partial charge in [0.05, 0.1) is 19.3 Å². The van der Waals surface area contributed by atoms with Gasteiger partial charge in [-0.1, -0.05) is 43.7 Å². The molecule has 0 saturated carbocycles. The first-order chi connectivity index (χ1) is 11.8. The molecule has 0 bridgehead atoms. The van der Waals surface area contributed by atoms with Gasteiger partial charge in [-0.15, -0.1) is 0 Å². The Bertz CT molecular complexity index is 530. The summed E-state index contributed by atoms with van der Waals surface area (Å²) in [5.41, 5.74) is 2.40. The zero-order valence-corrected chi connectivity index (χ0v) is 16.2. The molecule has 1 saturated heterocycles. The number of carbonyl (C=O) groups is 1. The van der Waals surface area contributed by atoms with E-state index in [0.29, 0.717) is 25.2 Å². The summed E-state index contributed by atoms with van der Waals surface area (Å²) in [5, 5.41) is 18.5. The van der Waals surface area contributed by atoms with E-state index in [9.17, 15) is 9.90 Å². The van der Waals surface area contributed by atoms with E-state index in [1.807, 2.05) is 33.8 Å². The third-order valence-electron chi connectivity index (χ3n) is 5.08. The Labute approximate surface area is 152 Å². The molecule has 1 aliphatic rings. The van der Waals surface area contributed by atoms with E-state index in [-0.39, 0.29) is 25.1 Å². The van der Waals surface area contributed by atoms with E-state index < -0.39 is 5.60 Å². The van der Waals surface area contributed by atoms with Gasteiger partial charge in [0.25, 0.3) is 0 Å². The number of rotatable bonds is 12. The number of Topliss-reactive ketones (excluding diaryl/α,β-unsaturated/α-hetero) is 1. The molecule has 0 spiro atoms. The summed E-state index contributed by atoms with van der Waals surface area (Å²) in [7, 11) is 0. The number of epoxide rings is 1. The molecule has 0 aromatic heterocycles. The summed E-state index contributed by atoms with van der Waals surface area (Å²) in [6.07, 6.45) is 7.34. The number of aliphatic hydroxyl groups excluding tert-OH is 2. The smallest absolute Gasteiger partial charge is 0.162 e. The van der Waals surface area contributed by atoms with Crippen LogP contribution in [0.15, 0.2) is 35.5 Å². The van der Waals surface area contributed by atoms with Crippen molar-refractivity contribution in [3.05, 3.63) is 35.5 Å². The molecule has 0 amide bonds. The summed E-state index contributed by atoms with van der Waals surface area (Å²) in [6, 6.07) is 0. The van der Waals surface area contributed by atoms with Crippen molar-refractivity contribution >= 4 is 5.78 Å². The van der Waals surface area contributed by atoms with Gasteiger partial charge >= 0.3 is 0 Å². The number of ether oxygens (including phenoxy) is 1. The summed E-state index contributed by atoms with van der Waals surface area (Å²) < 4.78 is 5.75. The largest absolute Gasteiger partial charge is 0.393 e. The molecule has 0 aromatic rings. The quantitative estimate of drug-likeness (QED) is 0.320. The molecule has 2 N–H and O–H groups in total. The van der Waals surface area contributed by atoms with Crippen LogP contribution in [0.25, 0.3) is 0 Å². The number of hydrogen-bond donors (Lipinski definition) is 2. The molecule has 4 nitrogen and oxygen atoms in total. The maximum atomic E-state index is 12.2. The Morgan fingerprint density at radius 2 is 1.96 bits per heavy atom. The van der Waals surface area contributed by atoms with Crippen LogP contribution in [-0.2, 0) is 9.53 Å². The van der Waals surface area contributed by atoms with Gasteiger partial charge in [-0.3, -0.25) is 4.79 Å². The van der Waals surface area contributed by atoms with Gasteiger partial charge in [0, 0.05) is 6.42 Å². The Morgan fingerprint density at radius 3 is 2.52 bits per heavy atom. The second-order valence-electron chi connectivity index (χ2n) is 7.44. The van der Waals surface area contributed by atoms with E-state index in [4.69, 9.17) is 9.84 Å². The van der Waals surface area contributed by atoms with Crippen molar-refractivity contribution in [3.8, 4) is 0 Å². The predicted octanol–water partition coefficient (Wildman–Crippen LogP) is 3.73. The van der Waals surface area contributed by atoms with Crippen molar-refractivity contribution in [1.82, 2.24) is 0 Å². The topological polar surface area (TPSA) is 70.1 Å².